The molecule has 0 saturated heterocycles. The van der Waals surface area contributed by atoms with Gasteiger partial charge in [-0.15, -0.1) is 0 Å². The SMILES string of the molecule is CC=CCCC1=CCC(c2ccc(-c3ccc(C4CCC(CCCCC)CC4)cc3)cc2)CC1. The summed E-state index contributed by atoms with van der Waals surface area (Å²) < 4.78 is 0. The first-order valence-electron chi connectivity index (χ1n) is 14.3. The van der Waals surface area contributed by atoms with Gasteiger partial charge in [-0.3, -0.25) is 0 Å². The first-order valence-corrected chi connectivity index (χ1v) is 14.3. The van der Waals surface area contributed by atoms with Crippen LogP contribution in [0.1, 0.15) is 120 Å². The lowest BCUT2D eigenvalue weighted by Gasteiger charge is -2.29. The van der Waals surface area contributed by atoms with Crippen LogP contribution in [-0.2, 0) is 0 Å². The lowest BCUT2D eigenvalue weighted by atomic mass is 9.77. The summed E-state index contributed by atoms with van der Waals surface area (Å²) in [6.45, 7) is 4.43. The summed E-state index contributed by atoms with van der Waals surface area (Å²) in [5, 5.41) is 0. The second-order valence-electron chi connectivity index (χ2n) is 10.9. The number of allylic oxidation sites excluding steroid dienone is 4. The smallest absolute Gasteiger partial charge is 0.0124 e. The Morgan fingerprint density at radius 2 is 1.41 bits per heavy atom. The number of unbranched alkanes of at least 4 members (excludes halogenated alkanes) is 2. The highest BCUT2D eigenvalue weighted by molar-refractivity contribution is 5.64. The predicted octanol–water partition coefficient (Wildman–Crippen LogP) is 10.8. The molecule has 0 amide bonds. The van der Waals surface area contributed by atoms with Crippen LogP contribution in [-0.4, -0.2) is 0 Å². The van der Waals surface area contributed by atoms with Crippen molar-refractivity contribution < 1.29 is 0 Å². The highest BCUT2D eigenvalue weighted by atomic mass is 14.3. The molecule has 1 saturated carbocycles. The minimum Gasteiger partial charge on any atom is -0.0917 e. The zero-order chi connectivity index (χ0) is 23.6. The van der Waals surface area contributed by atoms with Gasteiger partial charge in [-0.1, -0.05) is 105 Å². The van der Waals surface area contributed by atoms with E-state index in [4.69, 9.17) is 0 Å². The number of rotatable bonds is 10. The molecule has 0 radical (unpaired) electrons. The maximum atomic E-state index is 2.52. The molecule has 1 fully saturated rings. The van der Waals surface area contributed by atoms with Gasteiger partial charge in [0.2, 0.25) is 0 Å². The Bertz CT molecular complexity index is 904. The molecule has 0 heteroatoms. The average Bonchev–Trinajstić information content (AvgIpc) is 2.90. The van der Waals surface area contributed by atoms with Crippen LogP contribution in [0.3, 0.4) is 0 Å². The summed E-state index contributed by atoms with van der Waals surface area (Å²) >= 11 is 0. The molecule has 2 aliphatic carbocycles. The highest BCUT2D eigenvalue weighted by Crippen LogP contribution is 2.39. The summed E-state index contributed by atoms with van der Waals surface area (Å²) in [7, 11) is 0. The van der Waals surface area contributed by atoms with Crippen molar-refractivity contribution in [3.8, 4) is 11.1 Å². The quantitative estimate of drug-likeness (QED) is 0.247. The first-order chi connectivity index (χ1) is 16.8. The number of benzene rings is 2. The third-order valence-corrected chi connectivity index (χ3v) is 8.53. The Labute approximate surface area is 209 Å². The molecule has 0 N–H and O–H groups in total. The number of hydrogen-bond donors (Lipinski definition) is 0. The van der Waals surface area contributed by atoms with Crippen molar-refractivity contribution in [2.45, 2.75) is 109 Å². The zero-order valence-corrected chi connectivity index (χ0v) is 21.8. The van der Waals surface area contributed by atoms with Crippen LogP contribution in [0.15, 0.2) is 72.3 Å². The van der Waals surface area contributed by atoms with Gasteiger partial charge in [0.1, 0.15) is 0 Å². The van der Waals surface area contributed by atoms with Crippen molar-refractivity contribution in [3.63, 3.8) is 0 Å². The molecule has 0 aliphatic heterocycles. The molecule has 34 heavy (non-hydrogen) atoms. The Balaban J connectivity index is 1.28. The van der Waals surface area contributed by atoms with Crippen LogP contribution in [0.5, 0.6) is 0 Å². The Kier molecular flexibility index (Phi) is 9.66. The van der Waals surface area contributed by atoms with Gasteiger partial charge in [-0.2, -0.15) is 0 Å². The maximum absolute atomic E-state index is 2.52. The summed E-state index contributed by atoms with van der Waals surface area (Å²) in [6, 6.07) is 19.0. The van der Waals surface area contributed by atoms with Crippen molar-refractivity contribution in [3.05, 3.63) is 83.5 Å². The second-order valence-corrected chi connectivity index (χ2v) is 10.9. The van der Waals surface area contributed by atoms with E-state index in [1.807, 2.05) is 0 Å². The zero-order valence-electron chi connectivity index (χ0n) is 21.8. The fraction of sp³-hybridized carbons (Fsp3) is 0.529. The van der Waals surface area contributed by atoms with Crippen LogP contribution in [0.25, 0.3) is 11.1 Å². The molecular formula is C34H46. The Morgan fingerprint density at radius 3 is 1.97 bits per heavy atom. The minimum atomic E-state index is 0.694. The van der Waals surface area contributed by atoms with E-state index < -0.39 is 0 Å². The molecular weight excluding hydrogens is 408 g/mol. The van der Waals surface area contributed by atoms with Gasteiger partial charge in [0.15, 0.2) is 0 Å². The van der Waals surface area contributed by atoms with Crippen LogP contribution < -0.4 is 0 Å². The van der Waals surface area contributed by atoms with E-state index in [2.05, 4.69) is 80.6 Å². The van der Waals surface area contributed by atoms with Gasteiger partial charge in [0.05, 0.1) is 0 Å². The lowest BCUT2D eigenvalue weighted by molar-refractivity contribution is 0.303. The van der Waals surface area contributed by atoms with E-state index >= 15 is 0 Å². The normalized spacial score (nSPS) is 23.2. The summed E-state index contributed by atoms with van der Waals surface area (Å²) in [6.07, 6.45) is 24.5. The molecule has 1 atom stereocenters. The molecule has 0 bridgehead atoms. The van der Waals surface area contributed by atoms with Crippen LogP contribution in [0, 0.1) is 5.92 Å². The summed E-state index contributed by atoms with van der Waals surface area (Å²) in [4.78, 5) is 0. The van der Waals surface area contributed by atoms with Gasteiger partial charge in [0.25, 0.3) is 0 Å². The van der Waals surface area contributed by atoms with Gasteiger partial charge in [-0.25, -0.2) is 0 Å². The molecule has 182 valence electrons. The Morgan fingerprint density at radius 1 is 0.765 bits per heavy atom. The van der Waals surface area contributed by atoms with Crippen molar-refractivity contribution in [2.75, 3.05) is 0 Å². The third-order valence-electron chi connectivity index (χ3n) is 8.53. The molecule has 0 heterocycles. The Hall–Kier alpha value is -2.08. The molecule has 1 unspecified atom stereocenters. The predicted molar refractivity (Wildman–Crippen MR) is 149 cm³/mol. The minimum absolute atomic E-state index is 0.694. The molecule has 2 aromatic rings. The largest absolute Gasteiger partial charge is 0.0917 e. The van der Waals surface area contributed by atoms with Crippen molar-refractivity contribution in [2.24, 2.45) is 5.92 Å². The van der Waals surface area contributed by atoms with E-state index in [9.17, 15) is 0 Å². The standard InChI is InChI=1S/C34H46/c1-3-5-7-9-27-11-15-29(16-12-27)31-19-23-33(24-20-31)34-25-21-32(22-26-34)30-17-13-28(14-18-30)10-8-6-4-2/h3,5,11,19-26,28-30H,4,6-10,12-18H2,1-2H3. The third kappa shape index (κ3) is 6.97. The van der Waals surface area contributed by atoms with Crippen LogP contribution in [0.4, 0.5) is 0 Å². The van der Waals surface area contributed by atoms with Crippen LogP contribution in [0.2, 0.25) is 0 Å². The van der Waals surface area contributed by atoms with E-state index in [0.29, 0.717) is 5.92 Å². The van der Waals surface area contributed by atoms with Gasteiger partial charge < -0.3 is 0 Å². The molecule has 0 nitrogen and oxygen atoms in total. The molecule has 0 aromatic heterocycles. The van der Waals surface area contributed by atoms with Crippen molar-refractivity contribution in [1.29, 1.82) is 0 Å². The van der Waals surface area contributed by atoms with E-state index in [-0.39, 0.29) is 0 Å². The van der Waals surface area contributed by atoms with Gasteiger partial charge >= 0.3 is 0 Å². The summed E-state index contributed by atoms with van der Waals surface area (Å²) in [5.74, 6) is 2.46. The van der Waals surface area contributed by atoms with Crippen LogP contribution >= 0.6 is 0 Å². The van der Waals surface area contributed by atoms with Crippen molar-refractivity contribution in [1.82, 2.24) is 0 Å². The monoisotopic (exact) mass is 454 g/mol. The average molecular weight is 455 g/mol. The van der Waals surface area contributed by atoms with E-state index in [0.717, 1.165) is 11.8 Å². The molecule has 2 aliphatic rings. The first kappa shape index (κ1) is 25.0. The van der Waals surface area contributed by atoms with Gasteiger partial charge in [0, 0.05) is 0 Å². The fourth-order valence-electron chi connectivity index (χ4n) is 6.22. The maximum Gasteiger partial charge on any atom is -0.0124 e. The second kappa shape index (κ2) is 13.1. The van der Waals surface area contributed by atoms with E-state index in [1.54, 1.807) is 11.1 Å². The number of hydrogen-bond acceptors (Lipinski definition) is 0. The topological polar surface area (TPSA) is 0 Å². The molecule has 4 rings (SSSR count). The highest BCUT2D eigenvalue weighted by Gasteiger charge is 2.22. The van der Waals surface area contributed by atoms with Crippen molar-refractivity contribution >= 4 is 0 Å². The lowest BCUT2D eigenvalue weighted by Crippen LogP contribution is -2.13. The van der Waals surface area contributed by atoms with E-state index in [1.165, 1.54) is 100 Å². The fourth-order valence-corrected chi connectivity index (χ4v) is 6.22. The summed E-state index contributed by atoms with van der Waals surface area (Å²) in [5.41, 5.74) is 7.45. The molecule has 2 aromatic carbocycles. The molecule has 0 spiro atoms. The van der Waals surface area contributed by atoms with Gasteiger partial charge in [-0.05, 0) is 105 Å².